The van der Waals surface area contributed by atoms with Crippen molar-refractivity contribution in [1.82, 2.24) is 10.3 Å². The van der Waals surface area contributed by atoms with E-state index in [0.717, 1.165) is 39.8 Å². The maximum Gasteiger partial charge on any atom is 0.255 e. The summed E-state index contributed by atoms with van der Waals surface area (Å²) in [4.78, 5) is 30.5. The van der Waals surface area contributed by atoms with E-state index in [0.29, 0.717) is 23.4 Å². The van der Waals surface area contributed by atoms with Crippen LogP contribution in [0, 0.1) is 6.92 Å². The Bertz CT molecular complexity index is 1050. The monoisotopic (exact) mass is 451 g/mol. The Labute approximate surface area is 178 Å². The Morgan fingerprint density at radius 3 is 2.76 bits per heavy atom. The number of nitrogens with one attached hydrogen (secondary N) is 2. The Morgan fingerprint density at radius 1 is 1.21 bits per heavy atom. The van der Waals surface area contributed by atoms with Crippen molar-refractivity contribution in [2.24, 2.45) is 0 Å². The molecule has 0 saturated heterocycles. The summed E-state index contributed by atoms with van der Waals surface area (Å²) in [6, 6.07) is 11.5. The topological polar surface area (TPSA) is 71.1 Å². The van der Waals surface area contributed by atoms with Gasteiger partial charge in [-0.05, 0) is 56.0 Å². The van der Waals surface area contributed by atoms with Crippen molar-refractivity contribution >= 4 is 33.4 Å². The highest BCUT2D eigenvalue weighted by atomic mass is 79.9. The SMILES string of the molecule is CC1=C(C(=O)Nc2ccc(C)cn2)[C@H](c2cccc(Br)c2)C2=C(CCCC2=O)N1. The summed E-state index contributed by atoms with van der Waals surface area (Å²) < 4.78 is 0.913. The molecule has 0 radical (unpaired) electrons. The first-order valence-electron chi connectivity index (χ1n) is 9.67. The molecule has 2 aliphatic rings. The maximum absolute atomic E-state index is 13.3. The predicted octanol–water partition coefficient (Wildman–Crippen LogP) is 4.76. The molecule has 29 heavy (non-hydrogen) atoms. The second kappa shape index (κ2) is 7.95. The molecule has 1 aliphatic carbocycles. The number of anilines is 1. The van der Waals surface area contributed by atoms with Crippen molar-refractivity contribution in [3.05, 3.63) is 80.7 Å². The van der Waals surface area contributed by atoms with Crippen molar-refractivity contribution < 1.29 is 9.59 Å². The number of dihydropyridines is 1. The Kier molecular flexibility index (Phi) is 5.37. The average molecular weight is 452 g/mol. The van der Waals surface area contributed by atoms with Gasteiger partial charge in [0.2, 0.25) is 0 Å². The molecular weight excluding hydrogens is 430 g/mol. The molecule has 148 valence electrons. The zero-order chi connectivity index (χ0) is 20.5. The number of nitrogens with zero attached hydrogens (tertiary/aromatic N) is 1. The number of aromatic nitrogens is 1. The Hall–Kier alpha value is -2.73. The van der Waals surface area contributed by atoms with Crippen LogP contribution < -0.4 is 10.6 Å². The number of hydrogen-bond donors (Lipinski definition) is 2. The minimum Gasteiger partial charge on any atom is -0.362 e. The molecule has 2 N–H and O–H groups in total. The molecule has 0 saturated carbocycles. The molecule has 1 aromatic heterocycles. The van der Waals surface area contributed by atoms with Crippen LogP contribution in [0.15, 0.2) is 69.6 Å². The summed E-state index contributed by atoms with van der Waals surface area (Å²) in [6.07, 6.45) is 3.88. The van der Waals surface area contributed by atoms with Crippen LogP contribution in [-0.4, -0.2) is 16.7 Å². The van der Waals surface area contributed by atoms with Gasteiger partial charge in [0.25, 0.3) is 5.91 Å². The van der Waals surface area contributed by atoms with Gasteiger partial charge in [-0.3, -0.25) is 9.59 Å². The highest BCUT2D eigenvalue weighted by Gasteiger charge is 2.38. The molecule has 0 unspecified atom stereocenters. The molecule has 0 fully saturated rings. The summed E-state index contributed by atoms with van der Waals surface area (Å²) in [5, 5.41) is 6.23. The van der Waals surface area contributed by atoms with Gasteiger partial charge < -0.3 is 10.6 Å². The number of allylic oxidation sites excluding steroid dienone is 3. The zero-order valence-corrected chi connectivity index (χ0v) is 18.0. The summed E-state index contributed by atoms with van der Waals surface area (Å²) in [5.74, 6) is -0.0538. The van der Waals surface area contributed by atoms with Gasteiger partial charge in [-0.2, -0.15) is 0 Å². The average Bonchev–Trinajstić information content (AvgIpc) is 2.69. The fourth-order valence-electron chi connectivity index (χ4n) is 4.03. The van der Waals surface area contributed by atoms with Gasteiger partial charge in [0, 0.05) is 45.5 Å². The van der Waals surface area contributed by atoms with Gasteiger partial charge in [-0.1, -0.05) is 34.1 Å². The van der Waals surface area contributed by atoms with Gasteiger partial charge in [0.15, 0.2) is 5.78 Å². The number of aryl methyl sites for hydroxylation is 1. The molecular formula is C23H22BrN3O2. The van der Waals surface area contributed by atoms with Crippen LogP contribution in [0.4, 0.5) is 5.82 Å². The first-order chi connectivity index (χ1) is 13.9. The second-order valence-corrected chi connectivity index (χ2v) is 8.41. The number of carbonyl (C=O) groups is 2. The van der Waals surface area contributed by atoms with E-state index >= 15 is 0 Å². The molecule has 1 amide bonds. The van der Waals surface area contributed by atoms with Gasteiger partial charge in [-0.25, -0.2) is 4.98 Å². The third kappa shape index (κ3) is 3.90. The molecule has 2 heterocycles. The quantitative estimate of drug-likeness (QED) is 0.705. The standard InChI is InChI=1S/C23H22BrN3O2/c1-13-9-10-19(25-12-13)27-23(29)20-14(2)26-17-7-4-8-18(28)22(17)21(20)15-5-3-6-16(24)11-15/h3,5-6,9-12,21,26H,4,7-8H2,1-2H3,(H,25,27,29)/t21-/m0/s1. The van der Waals surface area contributed by atoms with Crippen LogP contribution in [0.2, 0.25) is 0 Å². The van der Waals surface area contributed by atoms with Crippen LogP contribution in [0.3, 0.4) is 0 Å². The van der Waals surface area contributed by atoms with Crippen LogP contribution >= 0.6 is 15.9 Å². The third-order valence-electron chi connectivity index (χ3n) is 5.36. The smallest absolute Gasteiger partial charge is 0.255 e. The van der Waals surface area contributed by atoms with E-state index in [4.69, 9.17) is 0 Å². The molecule has 6 heteroatoms. The number of hydrogen-bond acceptors (Lipinski definition) is 4. The first-order valence-corrected chi connectivity index (χ1v) is 10.5. The molecule has 2 aromatic rings. The number of carbonyl (C=O) groups excluding carboxylic acids is 2. The van der Waals surface area contributed by atoms with Crippen molar-refractivity contribution in [1.29, 1.82) is 0 Å². The number of rotatable bonds is 3. The lowest BCUT2D eigenvalue weighted by Gasteiger charge is -2.34. The number of halogens is 1. The van der Waals surface area contributed by atoms with E-state index in [2.05, 4.69) is 31.5 Å². The van der Waals surface area contributed by atoms with Gasteiger partial charge in [0.1, 0.15) is 5.82 Å². The normalized spacial score (nSPS) is 19.0. The Morgan fingerprint density at radius 2 is 2.03 bits per heavy atom. The van der Waals surface area contributed by atoms with E-state index in [9.17, 15) is 9.59 Å². The van der Waals surface area contributed by atoms with E-state index in [1.807, 2.05) is 44.2 Å². The summed E-state index contributed by atoms with van der Waals surface area (Å²) >= 11 is 3.52. The number of Topliss-reactive ketones (excluding diaryl/α,β-unsaturated/α-hetero) is 1. The van der Waals surface area contributed by atoms with E-state index in [-0.39, 0.29) is 11.7 Å². The van der Waals surface area contributed by atoms with Crippen LogP contribution in [-0.2, 0) is 9.59 Å². The van der Waals surface area contributed by atoms with Gasteiger partial charge in [0.05, 0.1) is 0 Å². The zero-order valence-electron chi connectivity index (χ0n) is 16.4. The summed E-state index contributed by atoms with van der Waals surface area (Å²) in [5.41, 5.74) is 4.92. The van der Waals surface area contributed by atoms with E-state index in [1.54, 1.807) is 12.3 Å². The van der Waals surface area contributed by atoms with Crippen molar-refractivity contribution in [3.8, 4) is 0 Å². The highest BCUT2D eigenvalue weighted by molar-refractivity contribution is 9.10. The maximum atomic E-state index is 13.3. The molecule has 4 rings (SSSR count). The van der Waals surface area contributed by atoms with Crippen molar-refractivity contribution in [2.45, 2.75) is 39.0 Å². The summed E-state index contributed by atoms with van der Waals surface area (Å²) in [7, 11) is 0. The second-order valence-electron chi connectivity index (χ2n) is 7.50. The molecule has 1 aromatic carbocycles. The number of ketones is 1. The number of amides is 1. The molecule has 0 spiro atoms. The van der Waals surface area contributed by atoms with Crippen LogP contribution in [0.25, 0.3) is 0 Å². The van der Waals surface area contributed by atoms with Crippen LogP contribution in [0.1, 0.15) is 43.2 Å². The van der Waals surface area contributed by atoms with E-state index in [1.165, 1.54) is 0 Å². The fraction of sp³-hybridized carbons (Fsp3) is 0.261. The lowest BCUT2D eigenvalue weighted by atomic mass is 9.75. The minimum absolute atomic E-state index is 0.106. The fourth-order valence-corrected chi connectivity index (χ4v) is 4.45. The largest absolute Gasteiger partial charge is 0.362 e. The van der Waals surface area contributed by atoms with Gasteiger partial charge in [-0.15, -0.1) is 0 Å². The Balaban J connectivity index is 1.78. The third-order valence-corrected chi connectivity index (χ3v) is 5.85. The molecule has 1 atom stereocenters. The first kappa shape index (κ1) is 19.6. The molecule has 0 bridgehead atoms. The minimum atomic E-state index is -0.401. The lowest BCUT2D eigenvalue weighted by Crippen LogP contribution is -2.35. The van der Waals surface area contributed by atoms with Crippen molar-refractivity contribution in [2.75, 3.05) is 5.32 Å². The lowest BCUT2D eigenvalue weighted by molar-refractivity contribution is -0.116. The summed E-state index contributed by atoms with van der Waals surface area (Å²) in [6.45, 7) is 3.84. The molecule has 1 aliphatic heterocycles. The van der Waals surface area contributed by atoms with Crippen molar-refractivity contribution in [3.63, 3.8) is 0 Å². The van der Waals surface area contributed by atoms with Gasteiger partial charge >= 0.3 is 0 Å². The molecule has 5 nitrogen and oxygen atoms in total. The predicted molar refractivity (Wildman–Crippen MR) is 116 cm³/mol. The van der Waals surface area contributed by atoms with Crippen LogP contribution in [0.5, 0.6) is 0 Å². The highest BCUT2D eigenvalue weighted by Crippen LogP contribution is 2.42. The number of pyridine rings is 1. The number of benzene rings is 1. The van der Waals surface area contributed by atoms with E-state index < -0.39 is 5.92 Å².